The Labute approximate surface area is 150 Å². The van der Waals surface area contributed by atoms with Gasteiger partial charge in [0, 0.05) is 30.4 Å². The smallest absolute Gasteiger partial charge is 0.319 e. The molecule has 2 bridgehead atoms. The molecule has 2 amide bonds. The number of piperidine rings is 2. The lowest BCUT2D eigenvalue weighted by molar-refractivity contribution is 0.0180. The molecule has 25 heavy (non-hydrogen) atoms. The van der Waals surface area contributed by atoms with Crippen LogP contribution in [0.25, 0.3) is 0 Å². The maximum Gasteiger partial charge on any atom is 0.319 e. The van der Waals surface area contributed by atoms with Crippen molar-refractivity contribution in [2.24, 2.45) is 5.92 Å². The number of carbonyl (C=O) groups excluding carboxylic acids is 1. The summed E-state index contributed by atoms with van der Waals surface area (Å²) in [7, 11) is 0. The average Bonchev–Trinajstić information content (AvgIpc) is 2.55. The summed E-state index contributed by atoms with van der Waals surface area (Å²) in [6.45, 7) is 5.73. The van der Waals surface area contributed by atoms with E-state index in [0.717, 1.165) is 12.8 Å². The fourth-order valence-electron chi connectivity index (χ4n) is 4.30. The van der Waals surface area contributed by atoms with Crippen LogP contribution in [0.2, 0.25) is 0 Å². The number of nitrogens with one attached hydrogen (secondary N) is 2. The van der Waals surface area contributed by atoms with E-state index in [0.29, 0.717) is 29.3 Å². The van der Waals surface area contributed by atoms with Crippen LogP contribution >= 0.6 is 0 Å². The minimum absolute atomic E-state index is 0.148. The number of benzene rings is 1. The second kappa shape index (κ2) is 7.88. The first kappa shape index (κ1) is 17.8. The Hall–Kier alpha value is -2.06. The lowest BCUT2D eigenvalue weighted by Crippen LogP contribution is -2.58. The lowest BCUT2D eigenvalue weighted by atomic mass is 9.81. The third-order valence-electron chi connectivity index (χ3n) is 5.31. The molecule has 134 valence electrons. The molecule has 2 N–H and O–H groups in total. The second-order valence-electron chi connectivity index (χ2n) is 7.79. The van der Waals surface area contributed by atoms with Crippen molar-refractivity contribution >= 4 is 11.7 Å². The Morgan fingerprint density at radius 2 is 1.88 bits per heavy atom. The summed E-state index contributed by atoms with van der Waals surface area (Å²) < 4.78 is 0. The van der Waals surface area contributed by atoms with Gasteiger partial charge in [-0.15, -0.1) is 0 Å². The van der Waals surface area contributed by atoms with E-state index in [1.165, 1.54) is 25.8 Å². The molecule has 0 saturated carbocycles. The zero-order valence-electron chi connectivity index (χ0n) is 15.2. The van der Waals surface area contributed by atoms with Crippen molar-refractivity contribution < 1.29 is 4.79 Å². The number of amides is 2. The molecule has 0 aliphatic carbocycles. The first-order chi connectivity index (χ1) is 12.0. The minimum atomic E-state index is -0.148. The van der Waals surface area contributed by atoms with Crippen molar-refractivity contribution in [1.82, 2.24) is 10.2 Å². The van der Waals surface area contributed by atoms with Gasteiger partial charge in [-0.1, -0.05) is 20.3 Å². The van der Waals surface area contributed by atoms with Gasteiger partial charge in [0.25, 0.3) is 0 Å². The largest absolute Gasteiger partial charge is 0.335 e. The Balaban J connectivity index is 1.55. The normalized spacial score (nSPS) is 26.1. The summed E-state index contributed by atoms with van der Waals surface area (Å²) in [6.07, 6.45) is 5.90. The van der Waals surface area contributed by atoms with Gasteiger partial charge in [0.1, 0.15) is 0 Å². The Bertz CT molecular complexity index is 620. The highest BCUT2D eigenvalue weighted by atomic mass is 16.2. The number of nitrogens with zero attached hydrogens (tertiary/aromatic N) is 2. The number of carbonyl (C=O) groups is 1. The Morgan fingerprint density at radius 1 is 1.24 bits per heavy atom. The van der Waals surface area contributed by atoms with Gasteiger partial charge in [0.05, 0.1) is 11.6 Å². The number of hydrogen-bond donors (Lipinski definition) is 2. The summed E-state index contributed by atoms with van der Waals surface area (Å²) in [5, 5.41) is 14.9. The van der Waals surface area contributed by atoms with Crippen molar-refractivity contribution in [3.05, 3.63) is 29.8 Å². The predicted octanol–water partition coefficient (Wildman–Crippen LogP) is 3.72. The Kier molecular flexibility index (Phi) is 5.60. The molecule has 2 fully saturated rings. The standard InChI is InChI=1S/C20H28N4O/c1-14(2)13-24-18-4-3-5-19(24)11-17(10-18)23-20(25)22-16-8-6-15(12-21)7-9-16/h6-9,14,17-19H,3-5,10-11,13H2,1-2H3,(H2,22,23,25)/t17?,18-,19+. The molecule has 2 saturated heterocycles. The second-order valence-corrected chi connectivity index (χ2v) is 7.79. The fourth-order valence-corrected chi connectivity index (χ4v) is 4.30. The predicted molar refractivity (Wildman–Crippen MR) is 99.3 cm³/mol. The van der Waals surface area contributed by atoms with Crippen LogP contribution in [0, 0.1) is 17.2 Å². The maximum atomic E-state index is 12.3. The molecular formula is C20H28N4O. The molecule has 1 aromatic carbocycles. The molecule has 5 heteroatoms. The van der Waals surface area contributed by atoms with E-state index in [1.807, 2.05) is 0 Å². The van der Waals surface area contributed by atoms with Gasteiger partial charge in [-0.05, 0) is 55.9 Å². The van der Waals surface area contributed by atoms with Crippen LogP contribution in [0.5, 0.6) is 0 Å². The molecule has 0 radical (unpaired) electrons. The summed E-state index contributed by atoms with van der Waals surface area (Å²) in [5.74, 6) is 0.687. The molecule has 2 heterocycles. The molecule has 2 aliphatic heterocycles. The monoisotopic (exact) mass is 340 g/mol. The highest BCUT2D eigenvalue weighted by molar-refractivity contribution is 5.89. The minimum Gasteiger partial charge on any atom is -0.335 e. The summed E-state index contributed by atoms with van der Waals surface area (Å²) in [4.78, 5) is 15.0. The van der Waals surface area contributed by atoms with Gasteiger partial charge in [0.15, 0.2) is 0 Å². The molecule has 5 nitrogen and oxygen atoms in total. The van der Waals surface area contributed by atoms with Gasteiger partial charge in [-0.2, -0.15) is 5.26 Å². The van der Waals surface area contributed by atoms with E-state index in [4.69, 9.17) is 5.26 Å². The van der Waals surface area contributed by atoms with Crippen LogP contribution in [-0.2, 0) is 0 Å². The van der Waals surface area contributed by atoms with Crippen molar-refractivity contribution in [2.75, 3.05) is 11.9 Å². The summed E-state index contributed by atoms with van der Waals surface area (Å²) in [5.41, 5.74) is 1.31. The fraction of sp³-hybridized carbons (Fsp3) is 0.600. The summed E-state index contributed by atoms with van der Waals surface area (Å²) in [6, 6.07) is 10.3. The molecule has 1 aromatic rings. The van der Waals surface area contributed by atoms with E-state index >= 15 is 0 Å². The molecule has 3 rings (SSSR count). The van der Waals surface area contributed by atoms with Crippen LogP contribution in [0.15, 0.2) is 24.3 Å². The first-order valence-corrected chi connectivity index (χ1v) is 9.38. The maximum absolute atomic E-state index is 12.3. The SMILES string of the molecule is CC(C)CN1[C@@H]2CCC[C@H]1CC(NC(=O)Nc1ccc(C#N)cc1)C2. The highest BCUT2D eigenvalue weighted by Gasteiger charge is 2.38. The van der Waals surface area contributed by atoms with E-state index < -0.39 is 0 Å². The lowest BCUT2D eigenvalue weighted by Gasteiger charge is -2.49. The molecule has 1 unspecified atom stereocenters. The van der Waals surface area contributed by atoms with Crippen LogP contribution in [-0.4, -0.2) is 35.6 Å². The number of nitriles is 1. The van der Waals surface area contributed by atoms with E-state index in [2.05, 4.69) is 35.5 Å². The van der Waals surface area contributed by atoms with Crippen molar-refractivity contribution in [3.63, 3.8) is 0 Å². The van der Waals surface area contributed by atoms with Crippen LogP contribution in [0.1, 0.15) is 51.5 Å². The van der Waals surface area contributed by atoms with Crippen molar-refractivity contribution in [1.29, 1.82) is 5.26 Å². The number of anilines is 1. The van der Waals surface area contributed by atoms with Crippen LogP contribution in [0.3, 0.4) is 0 Å². The van der Waals surface area contributed by atoms with Gasteiger partial charge >= 0.3 is 6.03 Å². The number of rotatable bonds is 4. The van der Waals surface area contributed by atoms with Gasteiger partial charge in [-0.25, -0.2) is 4.79 Å². The van der Waals surface area contributed by atoms with Crippen molar-refractivity contribution in [3.8, 4) is 6.07 Å². The molecule has 3 atom stereocenters. The van der Waals surface area contributed by atoms with E-state index in [9.17, 15) is 4.79 Å². The quantitative estimate of drug-likeness (QED) is 0.878. The van der Waals surface area contributed by atoms with Gasteiger partial charge in [0.2, 0.25) is 0 Å². The van der Waals surface area contributed by atoms with Crippen LogP contribution in [0.4, 0.5) is 10.5 Å². The van der Waals surface area contributed by atoms with Gasteiger partial charge in [-0.3, -0.25) is 4.90 Å². The third-order valence-corrected chi connectivity index (χ3v) is 5.31. The number of hydrogen-bond acceptors (Lipinski definition) is 3. The first-order valence-electron chi connectivity index (χ1n) is 9.38. The number of urea groups is 1. The topological polar surface area (TPSA) is 68.2 Å². The molecule has 2 aliphatic rings. The van der Waals surface area contributed by atoms with Crippen molar-refractivity contribution in [2.45, 2.75) is 64.1 Å². The zero-order valence-corrected chi connectivity index (χ0v) is 15.2. The average molecular weight is 340 g/mol. The molecule has 0 aromatic heterocycles. The van der Waals surface area contributed by atoms with Crippen LogP contribution < -0.4 is 10.6 Å². The molecular weight excluding hydrogens is 312 g/mol. The Morgan fingerprint density at radius 3 is 2.44 bits per heavy atom. The zero-order chi connectivity index (χ0) is 17.8. The van der Waals surface area contributed by atoms with E-state index in [1.54, 1.807) is 24.3 Å². The summed E-state index contributed by atoms with van der Waals surface area (Å²) >= 11 is 0. The third kappa shape index (κ3) is 4.52. The number of fused-ring (bicyclic) bond motifs is 2. The van der Waals surface area contributed by atoms with E-state index in [-0.39, 0.29) is 12.1 Å². The van der Waals surface area contributed by atoms with Gasteiger partial charge < -0.3 is 10.6 Å². The highest BCUT2D eigenvalue weighted by Crippen LogP contribution is 2.34. The molecule has 0 spiro atoms.